The average molecular weight is 600 g/mol. The summed E-state index contributed by atoms with van der Waals surface area (Å²) >= 11 is 5.42. The monoisotopic (exact) mass is 599 g/mol. The molecule has 0 aliphatic heterocycles. The van der Waals surface area contributed by atoms with Crippen molar-refractivity contribution < 1.29 is 19.4 Å². The van der Waals surface area contributed by atoms with Crippen LogP contribution in [-0.2, 0) is 11.2 Å². The normalized spacial score (nSPS) is 12.3. The lowest BCUT2D eigenvalue weighted by Gasteiger charge is -2.16. The van der Waals surface area contributed by atoms with Crippen molar-refractivity contribution >= 4 is 61.6 Å². The first-order valence-corrected chi connectivity index (χ1v) is 11.1. The molecule has 2 aromatic carbocycles. The molecule has 162 valence electrons. The molecule has 0 bridgehead atoms. The number of carbonyl (C=O) groups is 1. The molecule has 0 spiro atoms. The molecule has 3 aromatic rings. The number of rotatable bonds is 7. The van der Waals surface area contributed by atoms with Crippen LogP contribution in [0.15, 0.2) is 44.7 Å². The van der Waals surface area contributed by atoms with E-state index < -0.39 is 12.1 Å². The lowest BCUT2D eigenvalue weighted by Crippen LogP contribution is -2.23. The Bertz CT molecular complexity index is 1240. The highest BCUT2D eigenvalue weighted by Gasteiger charge is 2.19. The Hall–Kier alpha value is -2.47. The van der Waals surface area contributed by atoms with Crippen LogP contribution in [0, 0.1) is 3.57 Å². The van der Waals surface area contributed by atoms with Gasteiger partial charge in [0.25, 0.3) is 5.56 Å². The smallest absolute Gasteiger partial charge is 0.344 e. The van der Waals surface area contributed by atoms with E-state index in [2.05, 4.69) is 26.0 Å². The van der Waals surface area contributed by atoms with Crippen molar-refractivity contribution in [3.05, 3.63) is 60.1 Å². The van der Waals surface area contributed by atoms with Crippen LogP contribution < -0.4 is 15.0 Å². The van der Waals surface area contributed by atoms with E-state index >= 15 is 0 Å². The van der Waals surface area contributed by atoms with Crippen LogP contribution in [-0.4, -0.2) is 40.2 Å². The molecule has 1 heterocycles. The number of carboxylic acids is 1. The van der Waals surface area contributed by atoms with Crippen LogP contribution in [0.3, 0.4) is 0 Å². The van der Waals surface area contributed by atoms with Gasteiger partial charge in [-0.3, -0.25) is 4.79 Å². The van der Waals surface area contributed by atoms with Crippen molar-refractivity contribution in [1.29, 1.82) is 0 Å². The predicted octanol–water partition coefficient (Wildman–Crippen LogP) is 4.07. The van der Waals surface area contributed by atoms with Crippen molar-refractivity contribution in [2.24, 2.45) is 5.10 Å². The van der Waals surface area contributed by atoms with Crippen molar-refractivity contribution in [1.82, 2.24) is 9.66 Å². The van der Waals surface area contributed by atoms with Crippen molar-refractivity contribution in [2.75, 3.05) is 7.11 Å². The summed E-state index contributed by atoms with van der Waals surface area (Å²) in [7, 11) is 1.47. The first-order chi connectivity index (χ1) is 14.7. The largest absolute Gasteiger partial charge is 0.493 e. The molecule has 1 atom stereocenters. The molecule has 0 saturated heterocycles. The van der Waals surface area contributed by atoms with Crippen LogP contribution >= 0.6 is 38.5 Å². The molecule has 0 amide bonds. The number of fused-ring (bicyclic) bond motifs is 1. The lowest BCUT2D eigenvalue weighted by atomic mass is 10.2. The fourth-order valence-corrected chi connectivity index (χ4v) is 3.94. The highest BCUT2D eigenvalue weighted by Crippen LogP contribution is 2.34. The van der Waals surface area contributed by atoms with Gasteiger partial charge in [-0.05, 0) is 65.4 Å². The van der Waals surface area contributed by atoms with Gasteiger partial charge in [0.1, 0.15) is 5.82 Å². The van der Waals surface area contributed by atoms with Gasteiger partial charge in [-0.2, -0.15) is 9.78 Å². The first kappa shape index (κ1) is 23.2. The Labute approximate surface area is 200 Å². The summed E-state index contributed by atoms with van der Waals surface area (Å²) in [5, 5.41) is 13.9. The highest BCUT2D eigenvalue weighted by atomic mass is 127. The van der Waals surface area contributed by atoms with E-state index in [0.29, 0.717) is 43.8 Å². The molecule has 0 fully saturated rings. The van der Waals surface area contributed by atoms with Gasteiger partial charge in [-0.25, -0.2) is 9.78 Å². The molecule has 0 aliphatic carbocycles. The molecule has 0 radical (unpaired) electrons. The minimum absolute atomic E-state index is 0.267. The third kappa shape index (κ3) is 5.06. The second-order valence-corrected chi connectivity index (χ2v) is 8.61. The summed E-state index contributed by atoms with van der Waals surface area (Å²) in [6, 6.07) is 8.77. The Kier molecular flexibility index (Phi) is 7.31. The zero-order chi connectivity index (χ0) is 22.7. The number of hydrogen-bond acceptors (Lipinski definition) is 6. The molecule has 1 N–H and O–H groups in total. The Balaban J connectivity index is 2.04. The Morgan fingerprint density at radius 3 is 2.77 bits per heavy atom. The zero-order valence-corrected chi connectivity index (χ0v) is 20.7. The second kappa shape index (κ2) is 9.77. The number of aromatic nitrogens is 2. The number of aliphatic carboxylic acids is 1. The summed E-state index contributed by atoms with van der Waals surface area (Å²) in [4.78, 5) is 28.7. The number of carboxylic acid groups (broad SMARTS) is 1. The Morgan fingerprint density at radius 1 is 1.39 bits per heavy atom. The Morgan fingerprint density at radius 2 is 2.13 bits per heavy atom. The molecule has 3 rings (SSSR count). The third-order valence-electron chi connectivity index (χ3n) is 4.41. The van der Waals surface area contributed by atoms with E-state index in [1.165, 1.54) is 24.9 Å². The summed E-state index contributed by atoms with van der Waals surface area (Å²) in [6.07, 6.45) is 1.02. The predicted molar refractivity (Wildman–Crippen MR) is 130 cm³/mol. The number of halogens is 2. The van der Waals surface area contributed by atoms with Crippen LogP contribution in [0.25, 0.3) is 10.9 Å². The van der Waals surface area contributed by atoms with E-state index in [0.717, 1.165) is 4.47 Å². The number of benzene rings is 2. The van der Waals surface area contributed by atoms with Crippen molar-refractivity contribution in [3.8, 4) is 11.5 Å². The maximum atomic E-state index is 13.0. The molecular formula is C21H19BrIN3O5. The number of methoxy groups -OCH3 is 1. The number of ether oxygens (including phenoxy) is 2. The third-order valence-corrected chi connectivity index (χ3v) is 5.70. The van der Waals surface area contributed by atoms with E-state index in [1.54, 1.807) is 24.3 Å². The van der Waals surface area contributed by atoms with E-state index in [4.69, 9.17) is 14.6 Å². The standard InChI is InChI=1S/C21H19BrIN3O5/c1-4-18-25-16-6-5-13(22)9-14(16)20(27)26(18)24-10-12-7-15(23)19(17(8-12)30-3)31-11(2)21(28)29/h5-11H,4H2,1-3H3,(H,28,29)/t11-/m0/s1. The molecule has 1 aromatic heterocycles. The van der Waals surface area contributed by atoms with Gasteiger partial charge < -0.3 is 14.6 Å². The SMILES string of the molecule is CCc1nc2ccc(Br)cc2c(=O)n1N=Cc1cc(I)c(O[C@@H](C)C(=O)O)c(OC)c1. The van der Waals surface area contributed by atoms with Crippen molar-refractivity contribution in [3.63, 3.8) is 0 Å². The van der Waals surface area contributed by atoms with Gasteiger partial charge >= 0.3 is 5.97 Å². The zero-order valence-electron chi connectivity index (χ0n) is 16.9. The van der Waals surface area contributed by atoms with Gasteiger partial charge in [-0.1, -0.05) is 22.9 Å². The molecule has 8 nitrogen and oxygen atoms in total. The molecular weight excluding hydrogens is 581 g/mol. The minimum atomic E-state index is -1.08. The second-order valence-electron chi connectivity index (χ2n) is 6.54. The fraction of sp³-hybridized carbons (Fsp3) is 0.238. The van der Waals surface area contributed by atoms with Gasteiger partial charge in [0.2, 0.25) is 0 Å². The van der Waals surface area contributed by atoms with Gasteiger partial charge in [-0.15, -0.1) is 0 Å². The van der Waals surface area contributed by atoms with Crippen LogP contribution in [0.4, 0.5) is 0 Å². The summed E-state index contributed by atoms with van der Waals surface area (Å²) in [5.74, 6) is 0.155. The number of aryl methyl sites for hydroxylation is 1. The van der Waals surface area contributed by atoms with Gasteiger partial charge in [0.05, 0.1) is 27.8 Å². The maximum absolute atomic E-state index is 13.0. The fourth-order valence-electron chi connectivity index (χ4n) is 2.82. The molecule has 10 heteroatoms. The van der Waals surface area contributed by atoms with Crippen LogP contribution in [0.1, 0.15) is 25.2 Å². The van der Waals surface area contributed by atoms with E-state index in [-0.39, 0.29) is 5.56 Å². The van der Waals surface area contributed by atoms with Crippen molar-refractivity contribution in [2.45, 2.75) is 26.4 Å². The molecule has 0 aliphatic rings. The van der Waals surface area contributed by atoms with E-state index in [1.807, 2.05) is 35.6 Å². The quantitative estimate of drug-likeness (QED) is 0.324. The summed E-state index contributed by atoms with van der Waals surface area (Å²) in [6.45, 7) is 3.34. The molecule has 31 heavy (non-hydrogen) atoms. The number of hydrogen-bond donors (Lipinski definition) is 1. The molecule has 0 unspecified atom stereocenters. The highest BCUT2D eigenvalue weighted by molar-refractivity contribution is 14.1. The van der Waals surface area contributed by atoms with Gasteiger partial charge in [0.15, 0.2) is 17.6 Å². The number of nitrogens with zero attached hydrogens (tertiary/aromatic N) is 3. The van der Waals surface area contributed by atoms with Crippen LogP contribution in [0.5, 0.6) is 11.5 Å². The summed E-state index contributed by atoms with van der Waals surface area (Å²) in [5.41, 5.74) is 0.998. The van der Waals surface area contributed by atoms with Gasteiger partial charge in [0, 0.05) is 10.9 Å². The minimum Gasteiger partial charge on any atom is -0.493 e. The maximum Gasteiger partial charge on any atom is 0.344 e. The lowest BCUT2D eigenvalue weighted by molar-refractivity contribution is -0.144. The topological polar surface area (TPSA) is 103 Å². The van der Waals surface area contributed by atoms with Crippen LogP contribution in [0.2, 0.25) is 0 Å². The average Bonchev–Trinajstić information content (AvgIpc) is 2.74. The summed E-state index contributed by atoms with van der Waals surface area (Å²) < 4.78 is 13.6. The van der Waals surface area contributed by atoms with E-state index in [9.17, 15) is 9.59 Å². The first-order valence-electron chi connectivity index (χ1n) is 9.27. The molecule has 0 saturated carbocycles.